The number of aryl methyl sites for hydroxylation is 1. The Morgan fingerprint density at radius 1 is 1.03 bits per heavy atom. The highest BCUT2D eigenvalue weighted by atomic mass is 32.2. The van der Waals surface area contributed by atoms with Gasteiger partial charge in [-0.2, -0.15) is 17.5 Å². The lowest BCUT2D eigenvalue weighted by Crippen LogP contribution is -2.35. The van der Waals surface area contributed by atoms with Crippen molar-refractivity contribution in [2.45, 2.75) is 37.3 Å². The lowest BCUT2D eigenvalue weighted by molar-refractivity contribution is -0.141. The highest BCUT2D eigenvalue weighted by molar-refractivity contribution is 7.89. The summed E-state index contributed by atoms with van der Waals surface area (Å²) in [7, 11) is -3.58. The Morgan fingerprint density at radius 3 is 2.21 bits per heavy atom. The molecule has 0 unspecified atom stereocenters. The van der Waals surface area contributed by atoms with Gasteiger partial charge >= 0.3 is 6.18 Å². The molecule has 1 aliphatic rings. The summed E-state index contributed by atoms with van der Waals surface area (Å²) < 4.78 is 64.8. The largest absolute Gasteiger partial charge is 0.433 e. The van der Waals surface area contributed by atoms with E-state index in [9.17, 15) is 26.4 Å². The molecule has 0 spiro atoms. The monoisotopic (exact) mass is 427 g/mol. The summed E-state index contributed by atoms with van der Waals surface area (Å²) in [6.07, 6.45) is -1.92. The van der Waals surface area contributed by atoms with E-state index >= 15 is 0 Å². The van der Waals surface area contributed by atoms with Gasteiger partial charge in [0.05, 0.1) is 16.2 Å². The van der Waals surface area contributed by atoms with Crippen molar-refractivity contribution in [3.05, 3.63) is 53.3 Å². The van der Waals surface area contributed by atoms with Crippen molar-refractivity contribution >= 4 is 21.6 Å². The standard InChI is InChI=1S/C19H20F3N3O3S/c1-13-16(9-10-17(23-13)19(20,21)22)18(26)24-14-5-7-15(8-6-14)29(27,28)25-11-3-2-4-12-25/h5-10H,2-4,11-12H2,1H3,(H,24,26). The first-order valence-corrected chi connectivity index (χ1v) is 10.5. The molecule has 1 aromatic carbocycles. The molecule has 29 heavy (non-hydrogen) atoms. The van der Waals surface area contributed by atoms with Crippen LogP contribution >= 0.6 is 0 Å². The molecule has 1 amide bonds. The third-order valence-electron chi connectivity index (χ3n) is 4.69. The van der Waals surface area contributed by atoms with Gasteiger partial charge in [-0.15, -0.1) is 0 Å². The maximum absolute atomic E-state index is 12.7. The number of rotatable bonds is 4. The highest BCUT2D eigenvalue weighted by Crippen LogP contribution is 2.28. The number of benzene rings is 1. The number of nitrogens with zero attached hydrogens (tertiary/aromatic N) is 2. The topological polar surface area (TPSA) is 79.4 Å². The van der Waals surface area contributed by atoms with Crippen molar-refractivity contribution in [2.24, 2.45) is 0 Å². The number of hydrogen-bond donors (Lipinski definition) is 1. The molecule has 10 heteroatoms. The Bertz CT molecular complexity index is 1000. The predicted octanol–water partition coefficient (Wildman–Crippen LogP) is 3.84. The first-order chi connectivity index (χ1) is 13.6. The maximum atomic E-state index is 12.7. The molecule has 1 fully saturated rings. The maximum Gasteiger partial charge on any atom is 0.433 e. The fourth-order valence-corrected chi connectivity index (χ4v) is 4.64. The molecular weight excluding hydrogens is 407 g/mol. The van der Waals surface area contributed by atoms with Crippen molar-refractivity contribution < 1.29 is 26.4 Å². The van der Waals surface area contributed by atoms with Crippen LogP contribution in [-0.4, -0.2) is 36.7 Å². The van der Waals surface area contributed by atoms with Crippen LogP contribution in [0.5, 0.6) is 0 Å². The average molecular weight is 427 g/mol. The van der Waals surface area contributed by atoms with Crippen LogP contribution in [0.15, 0.2) is 41.3 Å². The van der Waals surface area contributed by atoms with Gasteiger partial charge in [0, 0.05) is 18.8 Å². The molecule has 0 saturated carbocycles. The number of halogens is 3. The van der Waals surface area contributed by atoms with Crippen LogP contribution in [0.3, 0.4) is 0 Å². The molecule has 2 heterocycles. The molecule has 0 aliphatic carbocycles. The van der Waals surface area contributed by atoms with Gasteiger partial charge in [-0.1, -0.05) is 6.42 Å². The first-order valence-electron chi connectivity index (χ1n) is 9.05. The average Bonchev–Trinajstić information content (AvgIpc) is 2.68. The normalized spacial score (nSPS) is 15.9. The van der Waals surface area contributed by atoms with Gasteiger partial charge in [0.1, 0.15) is 5.69 Å². The molecule has 2 aromatic rings. The summed E-state index contributed by atoms with van der Waals surface area (Å²) in [6.45, 7) is 2.29. The van der Waals surface area contributed by atoms with Gasteiger partial charge in [-0.05, 0) is 56.2 Å². The van der Waals surface area contributed by atoms with Crippen LogP contribution in [0.1, 0.15) is 41.0 Å². The third kappa shape index (κ3) is 4.76. The number of nitrogens with one attached hydrogen (secondary N) is 1. The fraction of sp³-hybridized carbons (Fsp3) is 0.368. The quantitative estimate of drug-likeness (QED) is 0.804. The number of pyridine rings is 1. The number of alkyl halides is 3. The van der Waals surface area contributed by atoms with Crippen molar-refractivity contribution in [3.63, 3.8) is 0 Å². The molecule has 1 aliphatic heterocycles. The van der Waals surface area contributed by atoms with E-state index < -0.39 is 27.8 Å². The second-order valence-corrected chi connectivity index (χ2v) is 8.71. The van der Waals surface area contributed by atoms with E-state index in [1.54, 1.807) is 0 Å². The van der Waals surface area contributed by atoms with E-state index in [0.29, 0.717) is 18.8 Å². The molecule has 0 bridgehead atoms. The number of amides is 1. The molecular formula is C19H20F3N3O3S. The van der Waals surface area contributed by atoms with Crippen molar-refractivity contribution in [3.8, 4) is 0 Å². The zero-order chi connectivity index (χ0) is 21.2. The number of carbonyl (C=O) groups is 1. The van der Waals surface area contributed by atoms with Crippen molar-refractivity contribution in [1.29, 1.82) is 0 Å². The molecule has 1 N–H and O–H groups in total. The van der Waals surface area contributed by atoms with E-state index in [2.05, 4.69) is 10.3 Å². The molecule has 0 radical (unpaired) electrons. The Labute approximate surface area is 166 Å². The number of aromatic nitrogens is 1. The Morgan fingerprint density at radius 2 is 1.66 bits per heavy atom. The minimum Gasteiger partial charge on any atom is -0.322 e. The van der Waals surface area contributed by atoms with E-state index in [-0.39, 0.29) is 16.2 Å². The zero-order valence-electron chi connectivity index (χ0n) is 15.7. The number of hydrogen-bond acceptors (Lipinski definition) is 4. The summed E-state index contributed by atoms with van der Waals surface area (Å²) in [4.78, 5) is 15.9. The van der Waals surface area contributed by atoms with Gasteiger partial charge in [0.15, 0.2) is 0 Å². The summed E-state index contributed by atoms with van der Waals surface area (Å²) in [5, 5.41) is 2.55. The first kappa shape index (κ1) is 21.3. The lowest BCUT2D eigenvalue weighted by Gasteiger charge is -2.25. The van der Waals surface area contributed by atoms with Crippen LogP contribution in [0, 0.1) is 6.92 Å². The van der Waals surface area contributed by atoms with Crippen LogP contribution in [-0.2, 0) is 16.2 Å². The van der Waals surface area contributed by atoms with Crippen LogP contribution < -0.4 is 5.32 Å². The van der Waals surface area contributed by atoms with Gasteiger partial charge in [-0.3, -0.25) is 4.79 Å². The van der Waals surface area contributed by atoms with Crippen LogP contribution in [0.25, 0.3) is 0 Å². The lowest BCUT2D eigenvalue weighted by atomic mass is 10.1. The summed E-state index contributed by atoms with van der Waals surface area (Å²) in [5.41, 5.74) is -0.796. The van der Waals surface area contributed by atoms with Gasteiger partial charge in [0.25, 0.3) is 5.91 Å². The Kier molecular flexibility index (Phi) is 5.95. The molecule has 3 rings (SSSR count). The second kappa shape index (κ2) is 8.11. The number of sulfonamides is 1. The number of anilines is 1. The number of piperidine rings is 1. The summed E-state index contributed by atoms with van der Waals surface area (Å²) in [6, 6.07) is 7.50. The van der Waals surface area contributed by atoms with Crippen molar-refractivity contribution in [1.82, 2.24) is 9.29 Å². The fourth-order valence-electron chi connectivity index (χ4n) is 3.12. The third-order valence-corrected chi connectivity index (χ3v) is 6.60. The smallest absolute Gasteiger partial charge is 0.322 e. The molecule has 1 aromatic heterocycles. The SMILES string of the molecule is Cc1nc(C(F)(F)F)ccc1C(=O)Nc1ccc(S(=O)(=O)N2CCCCC2)cc1. The summed E-state index contributed by atoms with van der Waals surface area (Å²) >= 11 is 0. The molecule has 156 valence electrons. The number of carbonyl (C=O) groups excluding carboxylic acids is 1. The minimum atomic E-state index is -4.59. The van der Waals surface area contributed by atoms with Crippen molar-refractivity contribution in [2.75, 3.05) is 18.4 Å². The highest BCUT2D eigenvalue weighted by Gasteiger charge is 2.33. The second-order valence-electron chi connectivity index (χ2n) is 6.77. The molecule has 0 atom stereocenters. The van der Waals surface area contributed by atoms with Gasteiger partial charge in [0.2, 0.25) is 10.0 Å². The van der Waals surface area contributed by atoms with Crippen LogP contribution in [0.4, 0.5) is 18.9 Å². The Balaban J connectivity index is 1.73. The molecule has 1 saturated heterocycles. The predicted molar refractivity (Wildman–Crippen MR) is 101 cm³/mol. The van der Waals surface area contributed by atoms with E-state index in [0.717, 1.165) is 31.4 Å². The van der Waals surface area contributed by atoms with Gasteiger partial charge < -0.3 is 5.32 Å². The summed E-state index contributed by atoms with van der Waals surface area (Å²) in [5.74, 6) is -0.629. The van der Waals surface area contributed by atoms with E-state index in [1.165, 1.54) is 35.5 Å². The zero-order valence-corrected chi connectivity index (χ0v) is 16.5. The van der Waals surface area contributed by atoms with E-state index in [4.69, 9.17) is 0 Å². The van der Waals surface area contributed by atoms with Gasteiger partial charge in [-0.25, -0.2) is 13.4 Å². The van der Waals surface area contributed by atoms with E-state index in [1.807, 2.05) is 0 Å². The van der Waals surface area contributed by atoms with Crippen LogP contribution in [0.2, 0.25) is 0 Å². The minimum absolute atomic E-state index is 0.00279. The Hall–Kier alpha value is -2.46. The molecule has 6 nitrogen and oxygen atoms in total.